The maximum Gasteiger partial charge on any atom is 0.120 e. The zero-order chi connectivity index (χ0) is 8.81. The molecule has 0 saturated carbocycles. The van der Waals surface area contributed by atoms with Crippen molar-refractivity contribution < 1.29 is 4.74 Å². The first kappa shape index (κ1) is 10.1. The summed E-state index contributed by atoms with van der Waals surface area (Å²) in [6.07, 6.45) is 1.19. The third-order valence-corrected chi connectivity index (χ3v) is 2.94. The van der Waals surface area contributed by atoms with Crippen molar-refractivity contribution in [3.05, 3.63) is 27.8 Å². The summed E-state index contributed by atoms with van der Waals surface area (Å²) in [6, 6.07) is 9.49. The van der Waals surface area contributed by atoms with Crippen LogP contribution in [-0.2, 0) is 0 Å². The summed E-state index contributed by atoms with van der Waals surface area (Å²) in [5.41, 5.74) is 0. The lowest BCUT2D eigenvalue weighted by Gasteiger charge is -2.04. The molecule has 3 heteroatoms. The zero-order valence-corrected chi connectivity index (χ0v) is 11.4. The summed E-state index contributed by atoms with van der Waals surface area (Å²) >= 11 is 2.29. The van der Waals surface area contributed by atoms with Crippen molar-refractivity contribution in [2.24, 2.45) is 0 Å². The molecule has 0 spiro atoms. The average molecular weight is 292 g/mol. The van der Waals surface area contributed by atoms with Crippen molar-refractivity contribution in [3.8, 4) is 5.75 Å². The van der Waals surface area contributed by atoms with E-state index in [1.165, 1.54) is 26.3 Å². The minimum Gasteiger partial charge on any atom is -0.494 e. The summed E-state index contributed by atoms with van der Waals surface area (Å²) in [7, 11) is 1.28. The molecule has 0 atom stereocenters. The molecule has 0 heterocycles. The second kappa shape index (κ2) is 5.58. The van der Waals surface area contributed by atoms with Crippen LogP contribution in [0.4, 0.5) is 0 Å². The second-order valence-electron chi connectivity index (χ2n) is 2.66. The van der Waals surface area contributed by atoms with Gasteiger partial charge in [0.05, 0.1) is 6.61 Å². The van der Waals surface area contributed by atoms with E-state index in [-0.39, 0.29) is 0 Å². The standard InChI is InChI=1S/C9H13IOSi/c10-8-3-1-4-9(7-8)11-5-2-6-12/h1,3-4,7H,2,5-6H2,12H3. The van der Waals surface area contributed by atoms with E-state index in [1.807, 2.05) is 12.1 Å². The van der Waals surface area contributed by atoms with Crippen molar-refractivity contribution in [3.63, 3.8) is 0 Å². The largest absolute Gasteiger partial charge is 0.494 e. The third-order valence-electron chi connectivity index (χ3n) is 1.56. The van der Waals surface area contributed by atoms with E-state index in [1.54, 1.807) is 0 Å². The molecule has 0 bridgehead atoms. The van der Waals surface area contributed by atoms with E-state index in [2.05, 4.69) is 34.7 Å². The minimum atomic E-state index is 0.865. The molecule has 0 N–H and O–H groups in total. The molecule has 1 rings (SSSR count). The van der Waals surface area contributed by atoms with E-state index in [0.29, 0.717) is 0 Å². The molecule has 0 fully saturated rings. The maximum absolute atomic E-state index is 5.54. The highest BCUT2D eigenvalue weighted by Crippen LogP contribution is 2.14. The highest BCUT2D eigenvalue weighted by atomic mass is 127. The van der Waals surface area contributed by atoms with Gasteiger partial charge in [0, 0.05) is 13.8 Å². The number of benzene rings is 1. The van der Waals surface area contributed by atoms with Gasteiger partial charge in [-0.25, -0.2) is 0 Å². The van der Waals surface area contributed by atoms with Gasteiger partial charge in [-0.05, 0) is 47.2 Å². The molecule has 66 valence electrons. The van der Waals surface area contributed by atoms with Crippen LogP contribution in [0.5, 0.6) is 5.75 Å². The van der Waals surface area contributed by atoms with Gasteiger partial charge in [0.1, 0.15) is 5.75 Å². The van der Waals surface area contributed by atoms with Gasteiger partial charge < -0.3 is 4.74 Å². The molecule has 12 heavy (non-hydrogen) atoms. The summed E-state index contributed by atoms with van der Waals surface area (Å²) in [4.78, 5) is 0. The number of hydrogen-bond acceptors (Lipinski definition) is 1. The Labute approximate surface area is 90.1 Å². The van der Waals surface area contributed by atoms with E-state index in [4.69, 9.17) is 4.74 Å². The summed E-state index contributed by atoms with van der Waals surface area (Å²) in [5.74, 6) is 0.997. The normalized spacial score (nSPS) is 10.1. The predicted octanol–water partition coefficient (Wildman–Crippen LogP) is 1.84. The van der Waals surface area contributed by atoms with Crippen LogP contribution in [0.3, 0.4) is 0 Å². The van der Waals surface area contributed by atoms with Crippen LogP contribution in [0.15, 0.2) is 24.3 Å². The van der Waals surface area contributed by atoms with Crippen molar-refractivity contribution in [2.45, 2.75) is 12.5 Å². The summed E-state index contributed by atoms with van der Waals surface area (Å²) in [6.45, 7) is 0.865. The third kappa shape index (κ3) is 3.58. The fraction of sp³-hybridized carbons (Fsp3) is 0.333. The molecular weight excluding hydrogens is 279 g/mol. The summed E-state index contributed by atoms with van der Waals surface area (Å²) < 4.78 is 6.78. The summed E-state index contributed by atoms with van der Waals surface area (Å²) in [5, 5.41) is 0. The molecule has 0 aliphatic rings. The van der Waals surface area contributed by atoms with Gasteiger partial charge in [-0.2, -0.15) is 0 Å². The Morgan fingerprint density at radius 1 is 1.42 bits per heavy atom. The van der Waals surface area contributed by atoms with Crippen molar-refractivity contribution in [1.82, 2.24) is 0 Å². The first-order valence-electron chi connectivity index (χ1n) is 4.21. The van der Waals surface area contributed by atoms with Gasteiger partial charge in [0.15, 0.2) is 0 Å². The van der Waals surface area contributed by atoms with Crippen LogP contribution in [0.2, 0.25) is 6.04 Å². The quantitative estimate of drug-likeness (QED) is 0.467. The number of hydrogen-bond donors (Lipinski definition) is 0. The van der Waals surface area contributed by atoms with Gasteiger partial charge in [-0.1, -0.05) is 12.1 Å². The molecule has 0 radical (unpaired) electrons. The first-order valence-corrected chi connectivity index (χ1v) is 6.70. The fourth-order valence-electron chi connectivity index (χ4n) is 0.891. The van der Waals surface area contributed by atoms with E-state index in [0.717, 1.165) is 12.4 Å². The number of rotatable bonds is 4. The molecule has 0 aliphatic carbocycles. The molecule has 1 aromatic carbocycles. The SMILES string of the molecule is [SiH3]CCCOc1cccc(I)c1. The van der Waals surface area contributed by atoms with Crippen LogP contribution in [0.1, 0.15) is 6.42 Å². The monoisotopic (exact) mass is 292 g/mol. The molecule has 1 nitrogen and oxygen atoms in total. The molecule has 0 saturated heterocycles. The Balaban J connectivity index is 2.41. The van der Waals surface area contributed by atoms with Crippen LogP contribution in [0.25, 0.3) is 0 Å². The van der Waals surface area contributed by atoms with Crippen molar-refractivity contribution in [1.29, 1.82) is 0 Å². The molecule has 0 aromatic heterocycles. The molecule has 0 aliphatic heterocycles. The van der Waals surface area contributed by atoms with E-state index in [9.17, 15) is 0 Å². The fourth-order valence-corrected chi connectivity index (χ4v) is 1.69. The number of ether oxygens (including phenoxy) is 1. The lowest BCUT2D eigenvalue weighted by atomic mass is 10.3. The van der Waals surface area contributed by atoms with Gasteiger partial charge in [-0.3, -0.25) is 0 Å². The Morgan fingerprint density at radius 3 is 2.92 bits per heavy atom. The van der Waals surface area contributed by atoms with E-state index < -0.39 is 0 Å². The molecular formula is C9H13IOSi. The Morgan fingerprint density at radius 2 is 2.25 bits per heavy atom. The average Bonchev–Trinajstić information content (AvgIpc) is 2.05. The second-order valence-corrected chi connectivity index (χ2v) is 4.91. The Kier molecular flexibility index (Phi) is 4.68. The van der Waals surface area contributed by atoms with Crippen molar-refractivity contribution in [2.75, 3.05) is 6.61 Å². The topological polar surface area (TPSA) is 9.23 Å². The molecule has 1 aromatic rings. The van der Waals surface area contributed by atoms with Gasteiger partial charge in [0.2, 0.25) is 0 Å². The highest BCUT2D eigenvalue weighted by Gasteiger charge is 1.92. The Hall–Kier alpha value is -0.0331. The highest BCUT2D eigenvalue weighted by molar-refractivity contribution is 14.1. The van der Waals surface area contributed by atoms with Crippen LogP contribution in [-0.4, -0.2) is 16.8 Å². The lowest BCUT2D eigenvalue weighted by Crippen LogP contribution is -1.96. The smallest absolute Gasteiger partial charge is 0.120 e. The molecule has 0 unspecified atom stereocenters. The maximum atomic E-state index is 5.54. The predicted molar refractivity (Wildman–Crippen MR) is 64.0 cm³/mol. The lowest BCUT2D eigenvalue weighted by molar-refractivity contribution is 0.317. The minimum absolute atomic E-state index is 0.865. The van der Waals surface area contributed by atoms with Gasteiger partial charge in [0.25, 0.3) is 0 Å². The first-order chi connectivity index (χ1) is 5.83. The molecule has 0 amide bonds. The zero-order valence-electron chi connectivity index (χ0n) is 7.22. The van der Waals surface area contributed by atoms with Gasteiger partial charge >= 0.3 is 0 Å². The number of halogens is 1. The van der Waals surface area contributed by atoms with Crippen LogP contribution in [0, 0.1) is 3.57 Å². The van der Waals surface area contributed by atoms with E-state index >= 15 is 0 Å². The Bertz CT molecular complexity index is 240. The van der Waals surface area contributed by atoms with Crippen molar-refractivity contribution >= 4 is 32.8 Å². The van der Waals surface area contributed by atoms with Crippen LogP contribution >= 0.6 is 22.6 Å². The van der Waals surface area contributed by atoms with Gasteiger partial charge in [-0.15, -0.1) is 0 Å². The van der Waals surface area contributed by atoms with Crippen LogP contribution < -0.4 is 4.74 Å².